The summed E-state index contributed by atoms with van der Waals surface area (Å²) in [5, 5.41) is 23.0. The molecule has 0 heterocycles. The summed E-state index contributed by atoms with van der Waals surface area (Å²) in [6, 6.07) is -0.647. The lowest BCUT2D eigenvalue weighted by atomic mass is 10.0. The van der Waals surface area contributed by atoms with Crippen molar-refractivity contribution in [2.75, 3.05) is 6.61 Å². The summed E-state index contributed by atoms with van der Waals surface area (Å²) in [5.41, 5.74) is 0. The Kier molecular flexibility index (Phi) is 43.4. The highest BCUT2D eigenvalue weighted by Crippen LogP contribution is 2.15. The molecule has 1 amide bonds. The molecular formula is C49H91NO3. The van der Waals surface area contributed by atoms with Gasteiger partial charge < -0.3 is 15.5 Å². The van der Waals surface area contributed by atoms with E-state index in [1.165, 1.54) is 167 Å². The Labute approximate surface area is 331 Å². The Morgan fingerprint density at radius 2 is 0.792 bits per heavy atom. The van der Waals surface area contributed by atoms with E-state index in [0.29, 0.717) is 6.42 Å². The lowest BCUT2D eigenvalue weighted by molar-refractivity contribution is -0.123. The number of carbonyl (C=O) groups excluding carboxylic acids is 1. The molecule has 2 atom stereocenters. The Morgan fingerprint density at radius 1 is 0.453 bits per heavy atom. The van der Waals surface area contributed by atoms with Crippen LogP contribution >= 0.6 is 0 Å². The number of carbonyl (C=O) groups is 1. The van der Waals surface area contributed by atoms with Crippen LogP contribution in [0.3, 0.4) is 0 Å². The molecule has 3 N–H and O–H groups in total. The molecule has 53 heavy (non-hydrogen) atoms. The molecule has 0 aromatic heterocycles. The number of hydrogen-bond donors (Lipinski definition) is 3. The molecule has 0 aliphatic heterocycles. The average molecular weight is 742 g/mol. The highest BCUT2D eigenvalue weighted by Gasteiger charge is 2.17. The molecule has 0 radical (unpaired) electrons. The number of allylic oxidation sites excluding steroid dienone is 7. The van der Waals surface area contributed by atoms with Crippen LogP contribution in [0, 0.1) is 0 Å². The molecule has 4 heteroatoms. The van der Waals surface area contributed by atoms with Crippen molar-refractivity contribution in [3.05, 3.63) is 48.6 Å². The van der Waals surface area contributed by atoms with Gasteiger partial charge >= 0.3 is 0 Å². The summed E-state index contributed by atoms with van der Waals surface area (Å²) in [4.78, 5) is 12.4. The molecule has 0 aliphatic carbocycles. The molecule has 4 nitrogen and oxygen atoms in total. The van der Waals surface area contributed by atoms with Crippen LogP contribution in [0.5, 0.6) is 0 Å². The first-order valence-electron chi connectivity index (χ1n) is 23.4. The molecule has 0 fully saturated rings. The van der Waals surface area contributed by atoms with Crippen LogP contribution in [0.25, 0.3) is 0 Å². The SMILES string of the molecule is CCCCCC/C=C\C/C=C\CCCCCCCC(=O)NC(CO)C(O)/C=C/CC/C=C/CCCCCCCCCCCCCCCCCCCCC. The molecule has 0 aromatic rings. The number of hydrogen-bond acceptors (Lipinski definition) is 3. The van der Waals surface area contributed by atoms with E-state index in [2.05, 4.69) is 55.6 Å². The molecule has 0 spiro atoms. The van der Waals surface area contributed by atoms with Crippen molar-refractivity contribution in [2.24, 2.45) is 0 Å². The van der Waals surface area contributed by atoms with Gasteiger partial charge in [0.05, 0.1) is 18.8 Å². The predicted molar refractivity (Wildman–Crippen MR) is 235 cm³/mol. The van der Waals surface area contributed by atoms with E-state index in [0.717, 1.165) is 51.4 Å². The summed E-state index contributed by atoms with van der Waals surface area (Å²) in [7, 11) is 0. The monoisotopic (exact) mass is 742 g/mol. The smallest absolute Gasteiger partial charge is 0.220 e. The second kappa shape index (κ2) is 44.7. The zero-order chi connectivity index (χ0) is 38.6. The van der Waals surface area contributed by atoms with Crippen molar-refractivity contribution in [1.29, 1.82) is 0 Å². The fourth-order valence-electron chi connectivity index (χ4n) is 6.93. The largest absolute Gasteiger partial charge is 0.394 e. The maximum atomic E-state index is 12.4. The molecule has 0 aromatic carbocycles. The summed E-state index contributed by atoms with van der Waals surface area (Å²) >= 11 is 0. The molecule has 0 saturated carbocycles. The normalized spacial score (nSPS) is 13.4. The first-order valence-corrected chi connectivity index (χ1v) is 23.4. The van der Waals surface area contributed by atoms with E-state index in [-0.39, 0.29) is 12.5 Å². The third kappa shape index (κ3) is 41.4. The Balaban J connectivity index is 3.60. The summed E-state index contributed by atoms with van der Waals surface area (Å²) in [6.07, 6.45) is 60.9. The van der Waals surface area contributed by atoms with Crippen LogP contribution in [0.15, 0.2) is 48.6 Å². The van der Waals surface area contributed by atoms with Gasteiger partial charge in [-0.3, -0.25) is 4.79 Å². The quantitative estimate of drug-likeness (QED) is 0.0431. The van der Waals surface area contributed by atoms with Crippen molar-refractivity contribution in [3.63, 3.8) is 0 Å². The summed E-state index contributed by atoms with van der Waals surface area (Å²) in [5.74, 6) is -0.0874. The van der Waals surface area contributed by atoms with Crippen LogP contribution in [-0.2, 0) is 4.79 Å². The van der Waals surface area contributed by atoms with Gasteiger partial charge in [-0.25, -0.2) is 0 Å². The number of rotatable bonds is 42. The number of amides is 1. The van der Waals surface area contributed by atoms with E-state index in [1.54, 1.807) is 6.08 Å². The van der Waals surface area contributed by atoms with Gasteiger partial charge in [-0.1, -0.05) is 217 Å². The van der Waals surface area contributed by atoms with E-state index in [9.17, 15) is 15.0 Å². The van der Waals surface area contributed by atoms with Crippen LogP contribution in [0.1, 0.15) is 239 Å². The van der Waals surface area contributed by atoms with E-state index >= 15 is 0 Å². The third-order valence-electron chi connectivity index (χ3n) is 10.5. The minimum absolute atomic E-state index is 0.0874. The minimum atomic E-state index is -0.869. The van der Waals surface area contributed by atoms with Crippen LogP contribution in [0.4, 0.5) is 0 Å². The van der Waals surface area contributed by atoms with Crippen molar-refractivity contribution >= 4 is 5.91 Å². The highest BCUT2D eigenvalue weighted by molar-refractivity contribution is 5.76. The molecule has 2 unspecified atom stereocenters. The zero-order valence-corrected chi connectivity index (χ0v) is 35.5. The fraction of sp³-hybridized carbons (Fsp3) is 0.816. The number of aliphatic hydroxyl groups is 2. The van der Waals surface area contributed by atoms with Crippen LogP contribution in [0.2, 0.25) is 0 Å². The van der Waals surface area contributed by atoms with Gasteiger partial charge in [0.2, 0.25) is 5.91 Å². The minimum Gasteiger partial charge on any atom is -0.394 e. The molecule has 0 aliphatic rings. The van der Waals surface area contributed by atoms with E-state index in [1.807, 2.05) is 6.08 Å². The van der Waals surface area contributed by atoms with Gasteiger partial charge in [0.1, 0.15) is 0 Å². The number of aliphatic hydroxyl groups excluding tert-OH is 2. The zero-order valence-electron chi connectivity index (χ0n) is 35.5. The molecule has 0 bridgehead atoms. The Hall–Kier alpha value is -1.65. The predicted octanol–water partition coefficient (Wildman–Crippen LogP) is 14.7. The third-order valence-corrected chi connectivity index (χ3v) is 10.5. The van der Waals surface area contributed by atoms with Gasteiger partial charge in [0.25, 0.3) is 0 Å². The molecule has 0 rings (SSSR count). The van der Waals surface area contributed by atoms with Crippen LogP contribution in [-0.4, -0.2) is 34.9 Å². The molecular weight excluding hydrogens is 651 g/mol. The van der Waals surface area contributed by atoms with E-state index in [4.69, 9.17) is 0 Å². The summed E-state index contributed by atoms with van der Waals surface area (Å²) < 4.78 is 0. The lowest BCUT2D eigenvalue weighted by Crippen LogP contribution is -2.45. The second-order valence-corrected chi connectivity index (χ2v) is 15.8. The van der Waals surface area contributed by atoms with Gasteiger partial charge in [-0.05, 0) is 64.2 Å². The van der Waals surface area contributed by atoms with Gasteiger partial charge in [0, 0.05) is 6.42 Å². The standard InChI is InChI=1S/C49H91NO3/c1-3-5-7-9-11-13-15-17-19-21-22-23-24-25-26-27-28-29-30-32-34-36-38-40-42-44-48(52)47(46-51)50-49(53)45-43-41-39-37-35-33-31-20-18-16-14-12-10-8-6-4-2/h14,16,20,31,34,36,42,44,47-48,51-52H,3-13,15,17-19,21-30,32-33,35,37-41,43,45-46H2,1-2H3,(H,50,53)/b16-14-,31-20-,36-34+,44-42+. The maximum absolute atomic E-state index is 12.4. The van der Waals surface area contributed by atoms with Gasteiger partial charge in [-0.15, -0.1) is 0 Å². The molecule has 310 valence electrons. The Morgan fingerprint density at radius 3 is 1.23 bits per heavy atom. The van der Waals surface area contributed by atoms with Crippen LogP contribution < -0.4 is 5.32 Å². The number of unbranched alkanes of at least 4 members (excludes halogenated alkanes) is 29. The number of nitrogens with one attached hydrogen (secondary N) is 1. The van der Waals surface area contributed by atoms with Gasteiger partial charge in [0.15, 0.2) is 0 Å². The lowest BCUT2D eigenvalue weighted by Gasteiger charge is -2.19. The van der Waals surface area contributed by atoms with Gasteiger partial charge in [-0.2, -0.15) is 0 Å². The Bertz CT molecular complexity index is 847. The summed E-state index contributed by atoms with van der Waals surface area (Å²) in [6.45, 7) is 4.28. The maximum Gasteiger partial charge on any atom is 0.220 e. The van der Waals surface area contributed by atoms with Crippen molar-refractivity contribution in [1.82, 2.24) is 5.32 Å². The van der Waals surface area contributed by atoms with Crippen molar-refractivity contribution in [2.45, 2.75) is 251 Å². The highest BCUT2D eigenvalue weighted by atomic mass is 16.3. The first-order chi connectivity index (χ1) is 26.2. The fourth-order valence-corrected chi connectivity index (χ4v) is 6.93. The van der Waals surface area contributed by atoms with Crippen molar-refractivity contribution < 1.29 is 15.0 Å². The van der Waals surface area contributed by atoms with E-state index < -0.39 is 12.1 Å². The average Bonchev–Trinajstić information content (AvgIpc) is 3.16. The van der Waals surface area contributed by atoms with Crippen molar-refractivity contribution in [3.8, 4) is 0 Å². The molecule has 0 saturated heterocycles. The first kappa shape index (κ1) is 51.4. The topological polar surface area (TPSA) is 69.6 Å². The second-order valence-electron chi connectivity index (χ2n) is 15.8.